The third kappa shape index (κ3) is 10.9. The highest BCUT2D eigenvalue weighted by Gasteiger charge is 2.24. The lowest BCUT2D eigenvalue weighted by atomic mass is 10.0. The average Bonchev–Trinajstić information content (AvgIpc) is 3.09. The Balaban J connectivity index is 2.32. The van der Waals surface area contributed by atoms with Crippen LogP contribution in [0, 0.1) is 5.92 Å². The van der Waals surface area contributed by atoms with Crippen molar-refractivity contribution >= 4 is 5.97 Å². The summed E-state index contributed by atoms with van der Waals surface area (Å²) in [6.45, 7) is 6.48. The SMILES string of the molecule is C/C(=C\CC/C(=C\C[C@H]1OC(=O)C=C1CO)CO)CC/C=C(\C)CCC[C@@H](C)CO. The van der Waals surface area contributed by atoms with Gasteiger partial charge in [0.2, 0.25) is 0 Å². The van der Waals surface area contributed by atoms with Crippen LogP contribution in [0.1, 0.15) is 72.1 Å². The van der Waals surface area contributed by atoms with Gasteiger partial charge in [-0.3, -0.25) is 0 Å². The van der Waals surface area contributed by atoms with Crippen LogP contribution in [-0.2, 0) is 9.53 Å². The zero-order chi connectivity index (χ0) is 22.4. The Labute approximate surface area is 181 Å². The number of hydrogen-bond donors (Lipinski definition) is 3. The number of cyclic esters (lactones) is 1. The summed E-state index contributed by atoms with van der Waals surface area (Å²) in [6.07, 6.45) is 14.9. The van der Waals surface area contributed by atoms with E-state index in [1.807, 2.05) is 6.08 Å². The van der Waals surface area contributed by atoms with Crippen molar-refractivity contribution in [1.29, 1.82) is 0 Å². The summed E-state index contributed by atoms with van der Waals surface area (Å²) in [7, 11) is 0. The Hall–Kier alpha value is -1.69. The normalized spacial score (nSPS) is 19.1. The van der Waals surface area contributed by atoms with Crippen molar-refractivity contribution in [1.82, 2.24) is 0 Å². The predicted octanol–water partition coefficient (Wildman–Crippen LogP) is 4.39. The third-order valence-corrected chi connectivity index (χ3v) is 5.55. The molecule has 0 aromatic carbocycles. The highest BCUT2D eigenvalue weighted by molar-refractivity contribution is 5.85. The molecule has 0 unspecified atom stereocenters. The molecule has 0 bridgehead atoms. The van der Waals surface area contributed by atoms with Crippen LogP contribution in [0.4, 0.5) is 0 Å². The number of aliphatic hydroxyl groups is 3. The molecule has 1 rings (SSSR count). The smallest absolute Gasteiger partial charge is 0.331 e. The molecule has 0 aromatic rings. The van der Waals surface area contributed by atoms with Crippen molar-refractivity contribution in [2.45, 2.75) is 78.2 Å². The predicted molar refractivity (Wildman–Crippen MR) is 121 cm³/mol. The van der Waals surface area contributed by atoms with Gasteiger partial charge in [-0.25, -0.2) is 4.79 Å². The van der Waals surface area contributed by atoms with Crippen molar-refractivity contribution in [3.05, 3.63) is 46.6 Å². The minimum atomic E-state index is -0.414. The van der Waals surface area contributed by atoms with Gasteiger partial charge in [0.15, 0.2) is 0 Å². The molecule has 1 aliphatic heterocycles. The molecule has 0 fully saturated rings. The number of rotatable bonds is 15. The Kier molecular flexibility index (Phi) is 13.3. The van der Waals surface area contributed by atoms with Crippen LogP contribution in [0.3, 0.4) is 0 Å². The fraction of sp³-hybridized carbons (Fsp3) is 0.640. The Morgan fingerprint density at radius 2 is 1.73 bits per heavy atom. The van der Waals surface area contributed by atoms with Gasteiger partial charge in [0.1, 0.15) is 6.10 Å². The molecule has 0 aromatic heterocycles. The molecule has 30 heavy (non-hydrogen) atoms. The van der Waals surface area contributed by atoms with Crippen molar-refractivity contribution < 1.29 is 24.9 Å². The van der Waals surface area contributed by atoms with E-state index in [-0.39, 0.29) is 19.8 Å². The number of aliphatic hydroxyl groups excluding tert-OH is 3. The Bertz CT molecular complexity index is 642. The molecule has 0 aliphatic carbocycles. The van der Waals surface area contributed by atoms with Gasteiger partial charge in [-0.1, -0.05) is 36.3 Å². The first-order valence-corrected chi connectivity index (χ1v) is 11.1. The maximum Gasteiger partial charge on any atom is 0.331 e. The largest absolute Gasteiger partial charge is 0.454 e. The van der Waals surface area contributed by atoms with Gasteiger partial charge in [-0.05, 0) is 70.3 Å². The number of carbonyl (C=O) groups is 1. The zero-order valence-electron chi connectivity index (χ0n) is 18.9. The highest BCUT2D eigenvalue weighted by atomic mass is 16.5. The monoisotopic (exact) mass is 420 g/mol. The average molecular weight is 421 g/mol. The maximum absolute atomic E-state index is 11.3. The minimum absolute atomic E-state index is 0.0114. The summed E-state index contributed by atoms with van der Waals surface area (Å²) in [5.41, 5.74) is 4.28. The van der Waals surface area contributed by atoms with E-state index in [0.29, 0.717) is 17.9 Å². The molecule has 0 spiro atoms. The van der Waals surface area contributed by atoms with E-state index < -0.39 is 12.1 Å². The Morgan fingerprint density at radius 3 is 2.37 bits per heavy atom. The zero-order valence-corrected chi connectivity index (χ0v) is 18.9. The molecule has 5 nitrogen and oxygen atoms in total. The van der Waals surface area contributed by atoms with E-state index in [2.05, 4.69) is 32.9 Å². The number of hydrogen-bond acceptors (Lipinski definition) is 5. The van der Waals surface area contributed by atoms with Crippen molar-refractivity contribution in [2.75, 3.05) is 19.8 Å². The summed E-state index contributed by atoms with van der Waals surface area (Å²) in [5, 5.41) is 27.9. The van der Waals surface area contributed by atoms with Crippen LogP contribution in [0.5, 0.6) is 0 Å². The van der Waals surface area contributed by atoms with Gasteiger partial charge in [0, 0.05) is 24.7 Å². The van der Waals surface area contributed by atoms with Crippen LogP contribution < -0.4 is 0 Å². The first-order valence-electron chi connectivity index (χ1n) is 11.1. The first kappa shape index (κ1) is 26.3. The molecular weight excluding hydrogens is 380 g/mol. The van der Waals surface area contributed by atoms with E-state index in [9.17, 15) is 15.0 Å². The number of ether oxygens (including phenoxy) is 1. The van der Waals surface area contributed by atoms with Crippen LogP contribution in [0.15, 0.2) is 46.6 Å². The van der Waals surface area contributed by atoms with E-state index in [1.54, 1.807) is 0 Å². The molecule has 5 heteroatoms. The quantitative estimate of drug-likeness (QED) is 0.270. The lowest BCUT2D eigenvalue weighted by Crippen LogP contribution is -2.13. The topological polar surface area (TPSA) is 87.0 Å². The molecule has 0 saturated carbocycles. The molecular formula is C25H40O5. The van der Waals surface area contributed by atoms with Crippen LogP contribution in [0.25, 0.3) is 0 Å². The highest BCUT2D eigenvalue weighted by Crippen LogP contribution is 2.20. The molecule has 1 aliphatic rings. The molecule has 0 saturated heterocycles. The van der Waals surface area contributed by atoms with Crippen molar-refractivity contribution in [3.63, 3.8) is 0 Å². The number of allylic oxidation sites excluding steroid dienone is 4. The lowest BCUT2D eigenvalue weighted by molar-refractivity contribution is -0.138. The summed E-state index contributed by atoms with van der Waals surface area (Å²) >= 11 is 0. The van der Waals surface area contributed by atoms with Gasteiger partial charge < -0.3 is 20.1 Å². The summed E-state index contributed by atoms with van der Waals surface area (Å²) in [6, 6.07) is 0. The van der Waals surface area contributed by atoms with Gasteiger partial charge in [0.05, 0.1) is 13.2 Å². The molecule has 2 atom stereocenters. The summed E-state index contributed by atoms with van der Waals surface area (Å²) < 4.78 is 5.16. The van der Waals surface area contributed by atoms with Crippen LogP contribution in [-0.4, -0.2) is 47.2 Å². The summed E-state index contributed by atoms with van der Waals surface area (Å²) in [5.74, 6) is -0.0206. The minimum Gasteiger partial charge on any atom is -0.454 e. The third-order valence-electron chi connectivity index (χ3n) is 5.55. The van der Waals surface area contributed by atoms with Crippen molar-refractivity contribution in [3.8, 4) is 0 Å². The first-order chi connectivity index (χ1) is 14.4. The van der Waals surface area contributed by atoms with E-state index >= 15 is 0 Å². The molecule has 170 valence electrons. The Morgan fingerprint density at radius 1 is 1.07 bits per heavy atom. The van der Waals surface area contributed by atoms with Crippen LogP contribution in [0.2, 0.25) is 0 Å². The van der Waals surface area contributed by atoms with E-state index in [0.717, 1.165) is 50.5 Å². The van der Waals surface area contributed by atoms with E-state index in [1.165, 1.54) is 17.2 Å². The number of carbonyl (C=O) groups excluding carboxylic acids is 1. The molecule has 1 heterocycles. The van der Waals surface area contributed by atoms with Crippen LogP contribution >= 0.6 is 0 Å². The number of esters is 1. The second-order valence-corrected chi connectivity index (χ2v) is 8.42. The van der Waals surface area contributed by atoms with Gasteiger partial charge in [-0.15, -0.1) is 0 Å². The summed E-state index contributed by atoms with van der Waals surface area (Å²) in [4.78, 5) is 11.3. The fourth-order valence-corrected chi connectivity index (χ4v) is 3.44. The second-order valence-electron chi connectivity index (χ2n) is 8.42. The van der Waals surface area contributed by atoms with Crippen molar-refractivity contribution in [2.24, 2.45) is 5.92 Å². The van der Waals surface area contributed by atoms with Gasteiger partial charge >= 0.3 is 5.97 Å². The van der Waals surface area contributed by atoms with Gasteiger partial charge in [0.25, 0.3) is 0 Å². The van der Waals surface area contributed by atoms with Gasteiger partial charge in [-0.2, -0.15) is 0 Å². The van der Waals surface area contributed by atoms with E-state index in [4.69, 9.17) is 9.84 Å². The maximum atomic E-state index is 11.3. The molecule has 0 amide bonds. The standard InChI is InChI=1S/C25H40O5/c1-19(9-5-11-21(3)16-26)7-4-8-20(2)10-6-12-22(17-27)13-14-24-23(18-28)15-25(29)30-24/h7,10,13,15,21,24,26-28H,4-6,8-9,11-12,14,16-18H2,1-3H3/b19-7+,20-10+,22-13+/t21-,24-/m1/s1. The lowest BCUT2D eigenvalue weighted by Gasteiger charge is -2.11. The second kappa shape index (κ2) is 15.2. The fourth-order valence-electron chi connectivity index (χ4n) is 3.44. The molecule has 3 N–H and O–H groups in total. The molecule has 0 radical (unpaired) electrons.